The summed E-state index contributed by atoms with van der Waals surface area (Å²) in [4.78, 5) is 19.2. The maximum absolute atomic E-state index is 12.7. The molecular weight excluding hydrogens is 344 g/mol. The maximum Gasteiger partial charge on any atom is 0.255 e. The predicted molar refractivity (Wildman–Crippen MR) is 102 cm³/mol. The highest BCUT2D eigenvalue weighted by atomic mass is 16.5. The van der Waals surface area contributed by atoms with Crippen LogP contribution in [0, 0.1) is 0 Å². The minimum absolute atomic E-state index is 0.219. The highest BCUT2D eigenvalue weighted by Gasteiger charge is 2.25. The van der Waals surface area contributed by atoms with Crippen molar-refractivity contribution in [2.45, 2.75) is 44.6 Å². The summed E-state index contributed by atoms with van der Waals surface area (Å²) in [5.41, 5.74) is 0.499. The molecule has 1 heterocycles. The molecule has 0 bridgehead atoms. The molecule has 3 rings (SSSR count). The first-order valence-corrected chi connectivity index (χ1v) is 9.55. The quantitative estimate of drug-likeness (QED) is 0.767. The van der Waals surface area contributed by atoms with E-state index in [0.717, 1.165) is 25.2 Å². The average molecular weight is 372 g/mol. The number of carbonyl (C=O) groups excluding carboxylic acids is 1. The van der Waals surface area contributed by atoms with Gasteiger partial charge in [-0.05, 0) is 46.0 Å². The van der Waals surface area contributed by atoms with Gasteiger partial charge in [0.25, 0.3) is 5.91 Å². The second kappa shape index (κ2) is 8.99. The molecule has 1 amide bonds. The molecule has 2 aromatic rings. The van der Waals surface area contributed by atoms with E-state index in [1.165, 1.54) is 12.8 Å². The first kappa shape index (κ1) is 19.4. The van der Waals surface area contributed by atoms with Crippen molar-refractivity contribution in [2.24, 2.45) is 0 Å². The van der Waals surface area contributed by atoms with Crippen LogP contribution in [-0.2, 0) is 0 Å². The number of hydrogen-bond donors (Lipinski definition) is 1. The highest BCUT2D eigenvalue weighted by Crippen LogP contribution is 2.32. The second-order valence-corrected chi connectivity index (χ2v) is 7.32. The Kier molecular flexibility index (Phi) is 6.45. The normalized spacial score (nSPS) is 15.9. The van der Waals surface area contributed by atoms with Crippen LogP contribution in [0.3, 0.4) is 0 Å². The number of para-hydroxylation sites is 1. The van der Waals surface area contributed by atoms with Crippen molar-refractivity contribution in [3.8, 4) is 5.75 Å². The van der Waals surface area contributed by atoms with E-state index in [-0.39, 0.29) is 11.9 Å². The van der Waals surface area contributed by atoms with Gasteiger partial charge in [-0.1, -0.05) is 30.1 Å². The van der Waals surface area contributed by atoms with Gasteiger partial charge in [-0.25, -0.2) is 0 Å². The molecule has 0 aliphatic heterocycles. The van der Waals surface area contributed by atoms with Gasteiger partial charge in [0.15, 0.2) is 5.82 Å². The molecule has 1 aliphatic carbocycles. The van der Waals surface area contributed by atoms with Crippen LogP contribution in [0.1, 0.15) is 66.6 Å². The monoisotopic (exact) mass is 372 g/mol. The lowest BCUT2D eigenvalue weighted by atomic mass is 10.1. The molecule has 146 valence electrons. The smallest absolute Gasteiger partial charge is 0.255 e. The lowest BCUT2D eigenvalue weighted by Crippen LogP contribution is -2.28. The molecule has 1 aromatic heterocycles. The third-order valence-electron chi connectivity index (χ3n) is 4.82. The van der Waals surface area contributed by atoms with Crippen molar-refractivity contribution in [1.82, 2.24) is 20.4 Å². The first-order valence-electron chi connectivity index (χ1n) is 9.55. The van der Waals surface area contributed by atoms with Crippen LogP contribution in [0.5, 0.6) is 5.75 Å². The number of ether oxygens (including phenoxy) is 1. The second-order valence-electron chi connectivity index (χ2n) is 7.32. The minimum Gasteiger partial charge on any atom is -0.491 e. The van der Waals surface area contributed by atoms with Crippen molar-refractivity contribution >= 4 is 5.91 Å². The highest BCUT2D eigenvalue weighted by molar-refractivity contribution is 5.97. The van der Waals surface area contributed by atoms with E-state index in [9.17, 15) is 4.79 Å². The molecule has 1 atom stereocenters. The fourth-order valence-corrected chi connectivity index (χ4v) is 3.23. The molecule has 7 heteroatoms. The van der Waals surface area contributed by atoms with Crippen molar-refractivity contribution in [1.29, 1.82) is 0 Å². The summed E-state index contributed by atoms with van der Waals surface area (Å²) < 4.78 is 11.2. The Morgan fingerprint density at radius 3 is 2.81 bits per heavy atom. The van der Waals surface area contributed by atoms with Gasteiger partial charge in [0.2, 0.25) is 5.89 Å². The summed E-state index contributed by atoms with van der Waals surface area (Å²) >= 11 is 0. The number of rotatable bonds is 8. The summed E-state index contributed by atoms with van der Waals surface area (Å²) in [6.07, 6.45) is 4.64. The van der Waals surface area contributed by atoms with Crippen LogP contribution >= 0.6 is 0 Å². The molecule has 1 unspecified atom stereocenters. The molecule has 7 nitrogen and oxygen atoms in total. The van der Waals surface area contributed by atoms with E-state index < -0.39 is 0 Å². The van der Waals surface area contributed by atoms with Gasteiger partial charge in [0, 0.05) is 12.5 Å². The van der Waals surface area contributed by atoms with E-state index in [1.54, 1.807) is 12.1 Å². The maximum atomic E-state index is 12.7. The first-order chi connectivity index (χ1) is 13.0. The molecule has 1 fully saturated rings. The molecular formula is C20H28N4O3. The molecule has 27 heavy (non-hydrogen) atoms. The van der Waals surface area contributed by atoms with Crippen molar-refractivity contribution in [2.75, 3.05) is 27.2 Å². The molecule has 1 aromatic carbocycles. The van der Waals surface area contributed by atoms with Gasteiger partial charge >= 0.3 is 0 Å². The number of aromatic nitrogens is 2. The predicted octanol–water partition coefficient (Wildman–Crippen LogP) is 3.16. The largest absolute Gasteiger partial charge is 0.491 e. The van der Waals surface area contributed by atoms with E-state index >= 15 is 0 Å². The summed E-state index contributed by atoms with van der Waals surface area (Å²) in [5, 5.41) is 7.04. The number of nitrogens with one attached hydrogen (secondary N) is 1. The molecule has 1 saturated carbocycles. The zero-order valence-corrected chi connectivity index (χ0v) is 16.3. The van der Waals surface area contributed by atoms with E-state index in [2.05, 4.69) is 15.5 Å². The van der Waals surface area contributed by atoms with Gasteiger partial charge in [-0.15, -0.1) is 0 Å². The van der Waals surface area contributed by atoms with Crippen LogP contribution in [0.4, 0.5) is 0 Å². The lowest BCUT2D eigenvalue weighted by Gasteiger charge is -2.15. The van der Waals surface area contributed by atoms with E-state index in [4.69, 9.17) is 9.26 Å². The Morgan fingerprint density at radius 2 is 2.07 bits per heavy atom. The van der Waals surface area contributed by atoms with Crippen molar-refractivity contribution < 1.29 is 14.1 Å². The van der Waals surface area contributed by atoms with Gasteiger partial charge in [0.05, 0.1) is 5.56 Å². The Morgan fingerprint density at radius 1 is 1.33 bits per heavy atom. The number of benzene rings is 1. The van der Waals surface area contributed by atoms with Crippen molar-refractivity contribution in [3.05, 3.63) is 41.5 Å². The fourth-order valence-electron chi connectivity index (χ4n) is 3.23. The number of nitrogens with zero attached hydrogens (tertiary/aromatic N) is 3. The van der Waals surface area contributed by atoms with Gasteiger partial charge < -0.3 is 19.5 Å². The molecule has 0 saturated heterocycles. The van der Waals surface area contributed by atoms with Crippen LogP contribution in [0.15, 0.2) is 28.8 Å². The van der Waals surface area contributed by atoms with Crippen LogP contribution in [0.2, 0.25) is 0 Å². The third kappa shape index (κ3) is 5.07. The SMILES string of the molecule is CC(NC(=O)c1ccccc1OCCN(C)C)c1nc(C2CCCC2)no1. The molecule has 0 spiro atoms. The van der Waals surface area contributed by atoms with Crippen LogP contribution < -0.4 is 10.1 Å². The number of likely N-dealkylation sites (N-methyl/N-ethyl adjacent to an activating group) is 1. The Balaban J connectivity index is 1.63. The summed E-state index contributed by atoms with van der Waals surface area (Å²) in [6, 6.07) is 6.88. The van der Waals surface area contributed by atoms with Gasteiger partial charge in [-0.3, -0.25) is 4.79 Å². The Hall–Kier alpha value is -2.41. The van der Waals surface area contributed by atoms with Crippen LogP contribution in [0.25, 0.3) is 0 Å². The summed E-state index contributed by atoms with van der Waals surface area (Å²) in [5.74, 6) is 1.94. The fraction of sp³-hybridized carbons (Fsp3) is 0.550. The molecule has 0 radical (unpaired) electrons. The van der Waals surface area contributed by atoms with Crippen LogP contribution in [-0.4, -0.2) is 48.2 Å². The summed E-state index contributed by atoms with van der Waals surface area (Å²) in [6.45, 7) is 3.14. The lowest BCUT2D eigenvalue weighted by molar-refractivity contribution is 0.0928. The summed E-state index contributed by atoms with van der Waals surface area (Å²) in [7, 11) is 3.96. The number of carbonyl (C=O) groups is 1. The van der Waals surface area contributed by atoms with E-state index in [0.29, 0.717) is 29.7 Å². The zero-order chi connectivity index (χ0) is 19.2. The standard InChI is InChI=1S/C20H28N4O3/c1-14(20-22-18(23-27-20)15-8-4-5-9-15)21-19(25)16-10-6-7-11-17(16)26-13-12-24(2)3/h6-7,10-11,14-15H,4-5,8-9,12-13H2,1-3H3,(H,21,25). The zero-order valence-electron chi connectivity index (χ0n) is 16.3. The molecule has 1 N–H and O–H groups in total. The molecule has 1 aliphatic rings. The Labute approximate surface area is 160 Å². The third-order valence-corrected chi connectivity index (χ3v) is 4.82. The van der Waals surface area contributed by atoms with E-state index in [1.807, 2.05) is 38.1 Å². The minimum atomic E-state index is -0.366. The Bertz CT molecular complexity index is 753. The van der Waals surface area contributed by atoms with Crippen molar-refractivity contribution in [3.63, 3.8) is 0 Å². The number of amides is 1. The number of hydrogen-bond acceptors (Lipinski definition) is 6. The van der Waals surface area contributed by atoms with Gasteiger partial charge in [-0.2, -0.15) is 4.98 Å². The van der Waals surface area contributed by atoms with Gasteiger partial charge in [0.1, 0.15) is 18.4 Å². The topological polar surface area (TPSA) is 80.5 Å². The average Bonchev–Trinajstić information content (AvgIpc) is 3.33.